The molecule has 0 saturated heterocycles. The van der Waals surface area contributed by atoms with Gasteiger partial charge in [-0.25, -0.2) is 0 Å². The number of unbranched alkanes of at least 4 members (excludes halogenated alkanes) is 17. The second kappa shape index (κ2) is 27.9. The Bertz CT molecular complexity index is 507. The normalized spacial score (nSPS) is 12.9. The van der Waals surface area contributed by atoms with Crippen molar-refractivity contribution in [3.05, 3.63) is 0 Å². The molecule has 0 rings (SSSR count). The first-order chi connectivity index (χ1) is 18.0. The number of hydrogen-bond donors (Lipinski definition) is 1. The monoisotopic (exact) mass is 526 g/mol. The average Bonchev–Trinajstić information content (AvgIpc) is 2.90. The van der Waals surface area contributed by atoms with E-state index >= 15 is 0 Å². The van der Waals surface area contributed by atoms with Gasteiger partial charge in [-0.1, -0.05) is 143 Å². The molecule has 5 nitrogen and oxygen atoms in total. The fraction of sp³-hybridized carbons (Fsp3) is 0.938. The second-order valence-corrected chi connectivity index (χ2v) is 11.2. The fourth-order valence-corrected chi connectivity index (χ4v) is 4.53. The first-order valence-electron chi connectivity index (χ1n) is 16.0. The molecule has 0 aromatic heterocycles. The number of aliphatic hydroxyl groups excluding tert-OH is 1. The van der Waals surface area contributed by atoms with E-state index in [2.05, 4.69) is 20.8 Å². The van der Waals surface area contributed by atoms with E-state index in [1.54, 1.807) is 0 Å². The molecule has 0 amide bonds. The molecular formula is C32H62O5. The molecule has 0 aromatic rings. The van der Waals surface area contributed by atoms with Gasteiger partial charge in [0.25, 0.3) is 0 Å². The van der Waals surface area contributed by atoms with Gasteiger partial charge in [0.2, 0.25) is 0 Å². The van der Waals surface area contributed by atoms with Gasteiger partial charge in [0.05, 0.1) is 0 Å². The third-order valence-corrected chi connectivity index (χ3v) is 7.38. The highest BCUT2D eigenvalue weighted by atomic mass is 16.6. The van der Waals surface area contributed by atoms with Crippen LogP contribution in [0.5, 0.6) is 0 Å². The minimum Gasteiger partial charge on any atom is -0.463 e. The van der Waals surface area contributed by atoms with Crippen LogP contribution in [0.15, 0.2) is 0 Å². The SMILES string of the molecule is CCCCCCCCCCCC(=O)OC[C@@H](O)COC(=O)CCCCCCCCCCCCC(C)CC. The van der Waals surface area contributed by atoms with Gasteiger partial charge in [-0.3, -0.25) is 9.59 Å². The maximum absolute atomic E-state index is 11.9. The summed E-state index contributed by atoms with van der Waals surface area (Å²) in [5.74, 6) is 0.318. The number of hydrogen-bond acceptors (Lipinski definition) is 5. The number of ether oxygens (including phenoxy) is 2. The molecule has 2 atom stereocenters. The summed E-state index contributed by atoms with van der Waals surface area (Å²) >= 11 is 0. The van der Waals surface area contributed by atoms with Gasteiger partial charge in [0.15, 0.2) is 0 Å². The molecule has 0 spiro atoms. The molecule has 0 heterocycles. The molecule has 5 heteroatoms. The summed E-state index contributed by atoms with van der Waals surface area (Å²) in [4.78, 5) is 23.7. The predicted octanol–water partition coefficient (Wildman–Crippen LogP) is 9.08. The van der Waals surface area contributed by atoms with Crippen molar-refractivity contribution in [2.75, 3.05) is 13.2 Å². The second-order valence-electron chi connectivity index (χ2n) is 11.2. The number of rotatable bonds is 28. The van der Waals surface area contributed by atoms with E-state index in [1.807, 2.05) is 0 Å². The van der Waals surface area contributed by atoms with Gasteiger partial charge >= 0.3 is 11.9 Å². The van der Waals surface area contributed by atoms with E-state index in [0.717, 1.165) is 38.0 Å². The van der Waals surface area contributed by atoms with E-state index in [0.29, 0.717) is 12.8 Å². The molecular weight excluding hydrogens is 464 g/mol. The van der Waals surface area contributed by atoms with Crippen LogP contribution >= 0.6 is 0 Å². The van der Waals surface area contributed by atoms with Crippen molar-refractivity contribution in [2.24, 2.45) is 5.92 Å². The predicted molar refractivity (Wildman–Crippen MR) is 155 cm³/mol. The van der Waals surface area contributed by atoms with E-state index in [4.69, 9.17) is 9.47 Å². The van der Waals surface area contributed by atoms with E-state index in [9.17, 15) is 14.7 Å². The van der Waals surface area contributed by atoms with Crippen LogP contribution in [0.3, 0.4) is 0 Å². The van der Waals surface area contributed by atoms with Crippen LogP contribution in [-0.2, 0) is 19.1 Å². The molecule has 0 bridgehead atoms. The Kier molecular flexibility index (Phi) is 27.1. The van der Waals surface area contributed by atoms with Gasteiger partial charge in [0, 0.05) is 12.8 Å². The Morgan fingerprint density at radius 2 is 0.919 bits per heavy atom. The van der Waals surface area contributed by atoms with E-state index in [-0.39, 0.29) is 25.2 Å². The van der Waals surface area contributed by atoms with Crippen LogP contribution in [0.1, 0.15) is 168 Å². The lowest BCUT2D eigenvalue weighted by Crippen LogP contribution is -2.25. The van der Waals surface area contributed by atoms with Crippen molar-refractivity contribution < 1.29 is 24.2 Å². The first kappa shape index (κ1) is 35.9. The Hall–Kier alpha value is -1.10. The molecule has 1 N–H and O–H groups in total. The number of esters is 2. The number of carbonyl (C=O) groups is 2. The van der Waals surface area contributed by atoms with Crippen LogP contribution in [-0.4, -0.2) is 36.4 Å². The first-order valence-corrected chi connectivity index (χ1v) is 16.0. The summed E-state index contributed by atoms with van der Waals surface area (Å²) in [7, 11) is 0. The van der Waals surface area contributed by atoms with Gasteiger partial charge in [0.1, 0.15) is 19.3 Å². The average molecular weight is 527 g/mol. The molecule has 0 radical (unpaired) electrons. The van der Waals surface area contributed by atoms with Crippen molar-refractivity contribution >= 4 is 11.9 Å². The lowest BCUT2D eigenvalue weighted by Gasteiger charge is -2.12. The van der Waals surface area contributed by atoms with Gasteiger partial charge in [-0.2, -0.15) is 0 Å². The quantitative estimate of drug-likeness (QED) is 0.0813. The Morgan fingerprint density at radius 3 is 1.30 bits per heavy atom. The molecule has 0 aromatic carbocycles. The van der Waals surface area contributed by atoms with Gasteiger partial charge < -0.3 is 14.6 Å². The standard InChI is InChI=1S/C32H62O5/c1-4-6-7-8-9-12-16-19-22-25-31(34)36-27-30(33)28-37-32(35)26-23-20-17-14-11-10-13-15-18-21-24-29(3)5-2/h29-30,33H,4-28H2,1-3H3/t29?,30-/m1/s1. The fourth-order valence-electron chi connectivity index (χ4n) is 4.53. The third kappa shape index (κ3) is 27.7. The van der Waals surface area contributed by atoms with Crippen LogP contribution in [0.2, 0.25) is 0 Å². The molecule has 0 aliphatic carbocycles. The highest BCUT2D eigenvalue weighted by Gasteiger charge is 2.12. The summed E-state index contributed by atoms with van der Waals surface area (Å²) in [6, 6.07) is 0. The van der Waals surface area contributed by atoms with Crippen molar-refractivity contribution in [1.82, 2.24) is 0 Å². The van der Waals surface area contributed by atoms with Crippen LogP contribution in [0.25, 0.3) is 0 Å². The zero-order valence-electron chi connectivity index (χ0n) is 24.9. The van der Waals surface area contributed by atoms with Crippen molar-refractivity contribution in [2.45, 2.75) is 175 Å². The molecule has 0 aliphatic heterocycles. The summed E-state index contributed by atoms with van der Waals surface area (Å²) in [6.07, 6.45) is 25.7. The molecule has 1 unspecified atom stereocenters. The number of aliphatic hydroxyl groups is 1. The van der Waals surface area contributed by atoms with Crippen LogP contribution in [0.4, 0.5) is 0 Å². The van der Waals surface area contributed by atoms with Crippen LogP contribution in [0, 0.1) is 5.92 Å². The Morgan fingerprint density at radius 1 is 0.568 bits per heavy atom. The minimum absolute atomic E-state index is 0.110. The van der Waals surface area contributed by atoms with Gasteiger partial charge in [-0.05, 0) is 18.8 Å². The topological polar surface area (TPSA) is 72.8 Å². The summed E-state index contributed by atoms with van der Waals surface area (Å²) in [5.41, 5.74) is 0. The Balaban J connectivity index is 3.42. The highest BCUT2D eigenvalue weighted by molar-refractivity contribution is 5.69. The summed E-state index contributed by atoms with van der Waals surface area (Å²) < 4.78 is 10.2. The molecule has 0 fully saturated rings. The lowest BCUT2D eigenvalue weighted by molar-refractivity contribution is -0.152. The zero-order chi connectivity index (χ0) is 27.4. The summed E-state index contributed by atoms with van der Waals surface area (Å²) in [5, 5.41) is 9.92. The van der Waals surface area contributed by atoms with Crippen LogP contribution < -0.4 is 0 Å². The van der Waals surface area contributed by atoms with Crippen molar-refractivity contribution in [3.63, 3.8) is 0 Å². The molecule has 0 aliphatic rings. The largest absolute Gasteiger partial charge is 0.463 e. The van der Waals surface area contributed by atoms with Gasteiger partial charge in [-0.15, -0.1) is 0 Å². The lowest BCUT2D eigenvalue weighted by atomic mass is 9.99. The molecule has 37 heavy (non-hydrogen) atoms. The third-order valence-electron chi connectivity index (χ3n) is 7.38. The van der Waals surface area contributed by atoms with Crippen molar-refractivity contribution in [1.29, 1.82) is 0 Å². The Labute approximate surface area is 229 Å². The smallest absolute Gasteiger partial charge is 0.305 e. The minimum atomic E-state index is -0.953. The summed E-state index contributed by atoms with van der Waals surface area (Å²) in [6.45, 7) is 6.64. The van der Waals surface area contributed by atoms with E-state index < -0.39 is 6.10 Å². The van der Waals surface area contributed by atoms with Crippen molar-refractivity contribution in [3.8, 4) is 0 Å². The maximum Gasteiger partial charge on any atom is 0.305 e. The number of carbonyl (C=O) groups excluding carboxylic acids is 2. The van der Waals surface area contributed by atoms with E-state index in [1.165, 1.54) is 103 Å². The zero-order valence-corrected chi connectivity index (χ0v) is 24.9. The highest BCUT2D eigenvalue weighted by Crippen LogP contribution is 2.15. The molecule has 0 saturated carbocycles. The maximum atomic E-state index is 11.9. The molecule has 220 valence electrons.